The first-order valence-corrected chi connectivity index (χ1v) is 6.65. The highest BCUT2D eigenvalue weighted by atomic mass is 16.1. The van der Waals surface area contributed by atoms with E-state index in [2.05, 4.69) is 15.2 Å². The minimum absolute atomic E-state index is 0.104. The summed E-state index contributed by atoms with van der Waals surface area (Å²) in [6.45, 7) is 4.24. The monoisotopic (exact) mass is 255 g/mol. The van der Waals surface area contributed by atoms with Crippen LogP contribution in [0.25, 0.3) is 10.9 Å². The van der Waals surface area contributed by atoms with Gasteiger partial charge >= 0.3 is 0 Å². The minimum atomic E-state index is 0.104. The molecule has 1 saturated heterocycles. The molecule has 1 N–H and O–H groups in total. The highest BCUT2D eigenvalue weighted by Gasteiger charge is 2.15. The second-order valence-corrected chi connectivity index (χ2v) is 4.84. The third-order valence-corrected chi connectivity index (χ3v) is 3.46. The Morgan fingerprint density at radius 3 is 2.79 bits per heavy atom. The van der Waals surface area contributed by atoms with E-state index in [9.17, 15) is 4.79 Å². The topological polar surface area (TPSA) is 45.2 Å². The van der Waals surface area contributed by atoms with Gasteiger partial charge in [-0.2, -0.15) is 0 Å². The molecule has 0 atom stereocenters. The number of piperazine rings is 1. The second-order valence-electron chi connectivity index (χ2n) is 4.84. The lowest BCUT2D eigenvalue weighted by atomic mass is 10.1. The highest BCUT2D eigenvalue weighted by molar-refractivity contribution is 5.97. The molecule has 1 fully saturated rings. The van der Waals surface area contributed by atoms with Crippen molar-refractivity contribution in [1.29, 1.82) is 0 Å². The number of hydrogen-bond donors (Lipinski definition) is 1. The fraction of sp³-hybridized carbons (Fsp3) is 0.333. The number of nitrogens with zero attached hydrogens (tertiary/aromatic N) is 2. The van der Waals surface area contributed by atoms with Crippen LogP contribution in [0.3, 0.4) is 0 Å². The van der Waals surface area contributed by atoms with Crippen LogP contribution in [0, 0.1) is 0 Å². The number of aromatic nitrogens is 1. The molecule has 0 aliphatic carbocycles. The molecule has 19 heavy (non-hydrogen) atoms. The van der Waals surface area contributed by atoms with Crippen molar-refractivity contribution in [2.75, 3.05) is 32.7 Å². The predicted molar refractivity (Wildman–Crippen MR) is 75.4 cm³/mol. The Balaban J connectivity index is 1.77. The van der Waals surface area contributed by atoms with Crippen molar-refractivity contribution >= 4 is 16.7 Å². The molecule has 1 aliphatic heterocycles. The molecule has 4 nitrogen and oxygen atoms in total. The van der Waals surface area contributed by atoms with E-state index in [0.29, 0.717) is 12.2 Å². The average Bonchev–Trinajstić information content (AvgIpc) is 2.48. The summed E-state index contributed by atoms with van der Waals surface area (Å²) in [5.74, 6) is 0.104. The van der Waals surface area contributed by atoms with Crippen LogP contribution in [-0.2, 0) is 0 Å². The zero-order valence-electron chi connectivity index (χ0n) is 10.8. The van der Waals surface area contributed by atoms with Crippen LogP contribution in [0.4, 0.5) is 0 Å². The minimum Gasteiger partial charge on any atom is -0.314 e. The lowest BCUT2D eigenvalue weighted by molar-refractivity contribution is 0.0917. The first kappa shape index (κ1) is 12.3. The van der Waals surface area contributed by atoms with E-state index < -0.39 is 0 Å². The van der Waals surface area contributed by atoms with E-state index >= 15 is 0 Å². The molecule has 1 aliphatic rings. The molecule has 0 bridgehead atoms. The number of rotatable bonds is 3. The maximum atomic E-state index is 12.2. The van der Waals surface area contributed by atoms with Gasteiger partial charge in [-0.05, 0) is 12.1 Å². The number of pyridine rings is 1. The van der Waals surface area contributed by atoms with Gasteiger partial charge in [0.15, 0.2) is 5.78 Å². The predicted octanol–water partition coefficient (Wildman–Crippen LogP) is 1.32. The van der Waals surface area contributed by atoms with Gasteiger partial charge in [0.05, 0.1) is 12.1 Å². The summed E-state index contributed by atoms with van der Waals surface area (Å²) in [6.07, 6.45) is 0. The van der Waals surface area contributed by atoms with E-state index in [1.165, 1.54) is 0 Å². The Morgan fingerprint density at radius 1 is 1.16 bits per heavy atom. The summed E-state index contributed by atoms with van der Waals surface area (Å²) >= 11 is 0. The van der Waals surface area contributed by atoms with Crippen molar-refractivity contribution in [2.24, 2.45) is 0 Å². The third-order valence-electron chi connectivity index (χ3n) is 3.46. The zero-order valence-corrected chi connectivity index (χ0v) is 10.8. The number of benzene rings is 1. The summed E-state index contributed by atoms with van der Waals surface area (Å²) in [6, 6.07) is 11.7. The maximum absolute atomic E-state index is 12.2. The van der Waals surface area contributed by atoms with Crippen molar-refractivity contribution in [3.63, 3.8) is 0 Å². The van der Waals surface area contributed by atoms with Crippen molar-refractivity contribution < 1.29 is 4.79 Å². The van der Waals surface area contributed by atoms with Crippen LogP contribution in [0.15, 0.2) is 36.4 Å². The van der Waals surface area contributed by atoms with Crippen molar-refractivity contribution in [2.45, 2.75) is 0 Å². The number of carbonyl (C=O) groups excluding carboxylic acids is 1. The van der Waals surface area contributed by atoms with E-state index in [4.69, 9.17) is 0 Å². The van der Waals surface area contributed by atoms with Gasteiger partial charge in [0.1, 0.15) is 5.69 Å². The van der Waals surface area contributed by atoms with Gasteiger partial charge in [-0.3, -0.25) is 9.69 Å². The van der Waals surface area contributed by atoms with Crippen molar-refractivity contribution in [3.8, 4) is 0 Å². The molecule has 2 heterocycles. The number of nitrogens with one attached hydrogen (secondary N) is 1. The summed E-state index contributed by atoms with van der Waals surface area (Å²) in [4.78, 5) is 18.9. The molecule has 98 valence electrons. The van der Waals surface area contributed by atoms with E-state index in [0.717, 1.165) is 37.1 Å². The maximum Gasteiger partial charge on any atom is 0.195 e. The van der Waals surface area contributed by atoms with Crippen molar-refractivity contribution in [1.82, 2.24) is 15.2 Å². The van der Waals surface area contributed by atoms with Crippen LogP contribution >= 0.6 is 0 Å². The van der Waals surface area contributed by atoms with Gasteiger partial charge in [0, 0.05) is 31.6 Å². The van der Waals surface area contributed by atoms with Crippen LogP contribution < -0.4 is 5.32 Å². The zero-order chi connectivity index (χ0) is 13.1. The molecule has 4 heteroatoms. The Morgan fingerprint density at radius 2 is 1.95 bits per heavy atom. The van der Waals surface area contributed by atoms with Crippen molar-refractivity contribution in [3.05, 3.63) is 42.1 Å². The Hall–Kier alpha value is -1.78. The second kappa shape index (κ2) is 5.47. The molecule has 0 amide bonds. The molecule has 2 aromatic rings. The van der Waals surface area contributed by atoms with Gasteiger partial charge in [-0.1, -0.05) is 24.3 Å². The number of ketones is 1. The van der Waals surface area contributed by atoms with Gasteiger partial charge in [-0.25, -0.2) is 4.98 Å². The molecule has 0 unspecified atom stereocenters. The molecule has 1 aromatic carbocycles. The summed E-state index contributed by atoms with van der Waals surface area (Å²) in [5.41, 5.74) is 1.45. The average molecular weight is 255 g/mol. The normalized spacial score (nSPS) is 16.6. The van der Waals surface area contributed by atoms with Gasteiger partial charge < -0.3 is 5.32 Å². The summed E-state index contributed by atoms with van der Waals surface area (Å²) in [7, 11) is 0. The fourth-order valence-electron chi connectivity index (χ4n) is 2.37. The Kier molecular flexibility index (Phi) is 3.53. The van der Waals surface area contributed by atoms with E-state index in [1.807, 2.05) is 36.4 Å². The molecule has 0 spiro atoms. The van der Waals surface area contributed by atoms with Crippen LogP contribution in [0.5, 0.6) is 0 Å². The fourth-order valence-corrected chi connectivity index (χ4v) is 2.37. The lowest BCUT2D eigenvalue weighted by Crippen LogP contribution is -2.45. The number of carbonyl (C=O) groups is 1. The molecule has 0 saturated carbocycles. The van der Waals surface area contributed by atoms with Crippen LogP contribution in [0.1, 0.15) is 10.5 Å². The standard InChI is InChI=1S/C15H17N3O/c19-15(11-18-9-7-16-8-10-18)14-6-5-12-3-1-2-4-13(12)17-14/h1-6,16H,7-11H2. The van der Waals surface area contributed by atoms with Gasteiger partial charge in [-0.15, -0.1) is 0 Å². The molecule has 0 radical (unpaired) electrons. The highest BCUT2D eigenvalue weighted by Crippen LogP contribution is 2.12. The molecular weight excluding hydrogens is 238 g/mol. The number of Topliss-reactive ketones (excluding diaryl/α,β-unsaturated/α-hetero) is 1. The lowest BCUT2D eigenvalue weighted by Gasteiger charge is -2.26. The first-order chi connectivity index (χ1) is 9.33. The van der Waals surface area contributed by atoms with Gasteiger partial charge in [0.2, 0.25) is 0 Å². The van der Waals surface area contributed by atoms with E-state index in [1.54, 1.807) is 0 Å². The smallest absolute Gasteiger partial charge is 0.195 e. The number of fused-ring (bicyclic) bond motifs is 1. The third kappa shape index (κ3) is 2.80. The van der Waals surface area contributed by atoms with Crippen LogP contribution in [-0.4, -0.2) is 48.4 Å². The quantitative estimate of drug-likeness (QED) is 0.840. The largest absolute Gasteiger partial charge is 0.314 e. The van der Waals surface area contributed by atoms with Gasteiger partial charge in [0.25, 0.3) is 0 Å². The van der Waals surface area contributed by atoms with E-state index in [-0.39, 0.29) is 5.78 Å². The SMILES string of the molecule is O=C(CN1CCNCC1)c1ccc2ccccc2n1. The number of para-hydroxylation sites is 1. The molecule has 3 rings (SSSR count). The van der Waals surface area contributed by atoms with Crippen LogP contribution in [0.2, 0.25) is 0 Å². The Bertz CT molecular complexity index is 591. The Labute approximate surface area is 112 Å². The molecular formula is C15H17N3O. The summed E-state index contributed by atoms with van der Waals surface area (Å²) < 4.78 is 0. The number of hydrogen-bond acceptors (Lipinski definition) is 4. The molecule has 1 aromatic heterocycles. The first-order valence-electron chi connectivity index (χ1n) is 6.65. The summed E-state index contributed by atoms with van der Waals surface area (Å²) in [5, 5.41) is 4.35.